The molecule has 3 aliphatic rings. The first-order chi connectivity index (χ1) is 8.25. The second kappa shape index (κ2) is 4.61. The van der Waals surface area contributed by atoms with Gasteiger partial charge < -0.3 is 5.32 Å². The highest BCUT2D eigenvalue weighted by Crippen LogP contribution is 2.31. The van der Waals surface area contributed by atoms with Gasteiger partial charge in [0.1, 0.15) is 0 Å². The minimum absolute atomic E-state index is 0.0214. The van der Waals surface area contributed by atoms with Crippen molar-refractivity contribution in [2.75, 3.05) is 11.5 Å². The largest absolute Gasteiger partial charge is 0.302 e. The molecule has 3 rings (SSSR count). The Bertz CT molecular complexity index is 337. The second-order valence-corrected chi connectivity index (χ2v) is 6.32. The van der Waals surface area contributed by atoms with Gasteiger partial charge in [0, 0.05) is 17.8 Å². The van der Waals surface area contributed by atoms with Gasteiger partial charge in [-0.2, -0.15) is 11.8 Å². The maximum atomic E-state index is 12.1. The quantitative estimate of drug-likeness (QED) is 0.756. The van der Waals surface area contributed by atoms with E-state index in [1.165, 1.54) is 17.1 Å². The zero-order chi connectivity index (χ0) is 11.8. The number of imide groups is 1. The molecule has 17 heavy (non-hydrogen) atoms. The number of thioether (sulfide) groups is 1. The van der Waals surface area contributed by atoms with Crippen molar-refractivity contribution < 1.29 is 9.59 Å². The van der Waals surface area contributed by atoms with Gasteiger partial charge in [0.25, 0.3) is 0 Å². The first kappa shape index (κ1) is 11.5. The summed E-state index contributed by atoms with van der Waals surface area (Å²) < 4.78 is 0. The number of nitrogens with one attached hydrogen (secondary N) is 1. The molecule has 2 aliphatic heterocycles. The third-order valence-corrected chi connectivity index (χ3v) is 4.91. The molecule has 2 unspecified atom stereocenters. The van der Waals surface area contributed by atoms with E-state index in [2.05, 4.69) is 5.32 Å². The summed E-state index contributed by atoms with van der Waals surface area (Å²) in [6.45, 7) is 0. The maximum absolute atomic E-state index is 12.1. The molecular formula is C12H18N2O2S. The number of carbonyl (C=O) groups is 2. The second-order valence-electron chi connectivity index (χ2n) is 5.17. The van der Waals surface area contributed by atoms with Crippen LogP contribution < -0.4 is 5.32 Å². The molecule has 0 aromatic rings. The maximum Gasteiger partial charge on any atom is 0.247 e. The predicted molar refractivity (Wildman–Crippen MR) is 66.8 cm³/mol. The minimum Gasteiger partial charge on any atom is -0.302 e. The molecule has 1 saturated carbocycles. The van der Waals surface area contributed by atoms with Crippen molar-refractivity contribution in [2.24, 2.45) is 0 Å². The number of carbonyl (C=O) groups excluding carboxylic acids is 2. The lowest BCUT2D eigenvalue weighted by Crippen LogP contribution is -2.46. The van der Waals surface area contributed by atoms with E-state index >= 15 is 0 Å². The molecule has 0 aromatic heterocycles. The van der Waals surface area contributed by atoms with Crippen LogP contribution in [-0.4, -0.2) is 46.3 Å². The predicted octanol–water partition coefficient (Wildman–Crippen LogP) is 0.761. The van der Waals surface area contributed by atoms with Crippen LogP contribution in [0.4, 0.5) is 0 Å². The Labute approximate surface area is 105 Å². The van der Waals surface area contributed by atoms with Crippen molar-refractivity contribution in [3.8, 4) is 0 Å². The smallest absolute Gasteiger partial charge is 0.247 e. The summed E-state index contributed by atoms with van der Waals surface area (Å²) in [4.78, 5) is 25.4. The highest BCUT2D eigenvalue weighted by molar-refractivity contribution is 7.99. The van der Waals surface area contributed by atoms with E-state index < -0.39 is 0 Å². The van der Waals surface area contributed by atoms with Crippen LogP contribution >= 0.6 is 11.8 Å². The van der Waals surface area contributed by atoms with Crippen molar-refractivity contribution in [1.82, 2.24) is 10.2 Å². The summed E-state index contributed by atoms with van der Waals surface area (Å²) in [5.74, 6) is 2.34. The Morgan fingerprint density at radius 1 is 1.24 bits per heavy atom. The lowest BCUT2D eigenvalue weighted by atomic mass is 10.1. The highest BCUT2D eigenvalue weighted by atomic mass is 32.2. The van der Waals surface area contributed by atoms with Gasteiger partial charge in [-0.3, -0.25) is 14.5 Å². The molecule has 5 heteroatoms. The Morgan fingerprint density at radius 2 is 2.06 bits per heavy atom. The molecular weight excluding hydrogens is 236 g/mol. The Hall–Kier alpha value is -0.550. The fraction of sp³-hybridized carbons (Fsp3) is 0.833. The molecule has 2 atom stereocenters. The van der Waals surface area contributed by atoms with Gasteiger partial charge in [0.05, 0.1) is 12.5 Å². The molecule has 1 N–H and O–H groups in total. The van der Waals surface area contributed by atoms with Crippen LogP contribution in [-0.2, 0) is 9.59 Å². The van der Waals surface area contributed by atoms with Gasteiger partial charge in [-0.15, -0.1) is 0 Å². The third-order valence-electron chi connectivity index (χ3n) is 3.69. The summed E-state index contributed by atoms with van der Waals surface area (Å²) in [7, 11) is 0. The summed E-state index contributed by atoms with van der Waals surface area (Å²) in [5, 5.41) is 3.38. The van der Waals surface area contributed by atoms with Crippen molar-refractivity contribution in [3.63, 3.8) is 0 Å². The number of likely N-dealkylation sites (tertiary alicyclic amines) is 1. The first-order valence-electron chi connectivity index (χ1n) is 6.45. The van der Waals surface area contributed by atoms with Gasteiger partial charge in [0.15, 0.2) is 0 Å². The van der Waals surface area contributed by atoms with Crippen molar-refractivity contribution in [2.45, 2.75) is 50.2 Å². The van der Waals surface area contributed by atoms with E-state index in [0.717, 1.165) is 25.0 Å². The molecule has 0 aromatic carbocycles. The van der Waals surface area contributed by atoms with Gasteiger partial charge in [-0.05, 0) is 31.4 Å². The number of hydrogen-bond donors (Lipinski definition) is 1. The third kappa shape index (κ3) is 2.36. The number of hydrogen-bond acceptors (Lipinski definition) is 4. The Balaban J connectivity index is 1.60. The summed E-state index contributed by atoms with van der Waals surface area (Å²) in [5.41, 5.74) is 0. The van der Waals surface area contributed by atoms with E-state index in [1.807, 2.05) is 11.8 Å². The minimum atomic E-state index is -0.244. The van der Waals surface area contributed by atoms with Crippen LogP contribution in [0.15, 0.2) is 0 Å². The van der Waals surface area contributed by atoms with E-state index in [1.54, 1.807) is 0 Å². The summed E-state index contributed by atoms with van der Waals surface area (Å²) in [6, 6.07) is 0.393. The van der Waals surface area contributed by atoms with E-state index in [-0.39, 0.29) is 23.9 Å². The molecule has 0 spiro atoms. The van der Waals surface area contributed by atoms with Gasteiger partial charge in [-0.25, -0.2) is 0 Å². The zero-order valence-electron chi connectivity index (χ0n) is 9.85. The SMILES string of the molecule is O=C1CC(NC2CCCSC2)C(=O)N1C1CC1. The monoisotopic (exact) mass is 254 g/mol. The molecule has 2 heterocycles. The lowest BCUT2D eigenvalue weighted by molar-refractivity contribution is -0.139. The van der Waals surface area contributed by atoms with Crippen LogP contribution in [0.2, 0.25) is 0 Å². The molecule has 1 aliphatic carbocycles. The summed E-state index contributed by atoms with van der Waals surface area (Å²) in [6.07, 6.45) is 4.72. The van der Waals surface area contributed by atoms with Crippen LogP contribution in [0.1, 0.15) is 32.1 Å². The Kier molecular flexibility index (Phi) is 3.13. The van der Waals surface area contributed by atoms with Crippen LogP contribution in [0.3, 0.4) is 0 Å². The Morgan fingerprint density at radius 3 is 2.71 bits per heavy atom. The molecule has 0 radical (unpaired) electrons. The molecule has 4 nitrogen and oxygen atoms in total. The zero-order valence-corrected chi connectivity index (χ0v) is 10.7. The molecule has 2 saturated heterocycles. The average Bonchev–Trinajstić information content (AvgIpc) is 3.10. The fourth-order valence-corrected chi connectivity index (χ4v) is 3.74. The topological polar surface area (TPSA) is 49.4 Å². The van der Waals surface area contributed by atoms with Crippen molar-refractivity contribution in [1.29, 1.82) is 0 Å². The van der Waals surface area contributed by atoms with Crippen LogP contribution in [0, 0.1) is 0 Å². The van der Waals surface area contributed by atoms with Crippen molar-refractivity contribution in [3.05, 3.63) is 0 Å². The van der Waals surface area contributed by atoms with Gasteiger partial charge in [-0.1, -0.05) is 0 Å². The highest BCUT2D eigenvalue weighted by Gasteiger charge is 2.46. The van der Waals surface area contributed by atoms with Crippen LogP contribution in [0.5, 0.6) is 0 Å². The lowest BCUT2D eigenvalue weighted by Gasteiger charge is -2.25. The first-order valence-corrected chi connectivity index (χ1v) is 7.61. The number of amides is 2. The van der Waals surface area contributed by atoms with Gasteiger partial charge >= 0.3 is 0 Å². The average molecular weight is 254 g/mol. The molecule has 0 bridgehead atoms. The normalized spacial score (nSPS) is 34.5. The fourth-order valence-electron chi connectivity index (χ4n) is 2.65. The standard InChI is InChI=1S/C12H18N2O2S/c15-11-6-10(12(16)14(11)9-3-4-9)13-8-2-1-5-17-7-8/h8-10,13H,1-7H2. The van der Waals surface area contributed by atoms with E-state index in [9.17, 15) is 9.59 Å². The molecule has 2 amide bonds. The van der Waals surface area contributed by atoms with Crippen molar-refractivity contribution >= 4 is 23.6 Å². The van der Waals surface area contributed by atoms with E-state index in [4.69, 9.17) is 0 Å². The number of nitrogens with zero attached hydrogens (tertiary/aromatic N) is 1. The van der Waals surface area contributed by atoms with E-state index in [0.29, 0.717) is 12.5 Å². The van der Waals surface area contributed by atoms with Gasteiger partial charge in [0.2, 0.25) is 11.8 Å². The van der Waals surface area contributed by atoms with Crippen LogP contribution in [0.25, 0.3) is 0 Å². The summed E-state index contributed by atoms with van der Waals surface area (Å²) >= 11 is 1.94. The molecule has 94 valence electrons. The number of rotatable bonds is 3. The molecule has 3 fully saturated rings.